The number of benzene rings is 2. The number of hydrogen-bond donors (Lipinski definition) is 0. The molecule has 0 saturated carbocycles. The van der Waals surface area contributed by atoms with Gasteiger partial charge in [-0.25, -0.2) is 9.78 Å². The van der Waals surface area contributed by atoms with Gasteiger partial charge < -0.3 is 14.0 Å². The number of nitro groups is 1. The Morgan fingerprint density at radius 2 is 2.00 bits per heavy atom. The molecular formula is C22H19N3O5. The van der Waals surface area contributed by atoms with Gasteiger partial charge in [0.2, 0.25) is 0 Å². The Balaban J connectivity index is 1.42. The van der Waals surface area contributed by atoms with Crippen LogP contribution in [0.3, 0.4) is 0 Å². The first-order chi connectivity index (χ1) is 14.6. The van der Waals surface area contributed by atoms with Crippen LogP contribution in [0.2, 0.25) is 0 Å². The largest absolute Gasteiger partial charge is 0.456 e. The summed E-state index contributed by atoms with van der Waals surface area (Å²) in [7, 11) is 0. The summed E-state index contributed by atoms with van der Waals surface area (Å²) >= 11 is 0. The number of fused-ring (bicyclic) bond motifs is 3. The second kappa shape index (κ2) is 7.38. The molecule has 0 amide bonds. The Kier molecular flexibility index (Phi) is 4.55. The van der Waals surface area contributed by atoms with Crippen molar-refractivity contribution in [1.82, 2.24) is 9.55 Å². The average Bonchev–Trinajstić information content (AvgIpc) is 3.35. The molecule has 0 N–H and O–H groups in total. The summed E-state index contributed by atoms with van der Waals surface area (Å²) in [5.41, 5.74) is 3.60. The van der Waals surface area contributed by atoms with Crippen molar-refractivity contribution in [3.05, 3.63) is 82.3 Å². The molecular weight excluding hydrogens is 386 g/mol. The molecule has 3 aromatic rings. The van der Waals surface area contributed by atoms with E-state index in [4.69, 9.17) is 9.47 Å². The third kappa shape index (κ3) is 3.05. The minimum absolute atomic E-state index is 0.0114. The molecule has 1 saturated heterocycles. The second-order valence-electron chi connectivity index (χ2n) is 7.49. The third-order valence-corrected chi connectivity index (χ3v) is 5.85. The molecule has 8 heteroatoms. The van der Waals surface area contributed by atoms with Crippen LogP contribution in [-0.4, -0.2) is 39.8 Å². The molecule has 30 heavy (non-hydrogen) atoms. The number of carbonyl (C=O) groups excluding carboxylic acids is 1. The predicted octanol–water partition coefficient (Wildman–Crippen LogP) is 3.62. The number of rotatable bonds is 4. The number of imidazole rings is 1. The molecule has 0 spiro atoms. The molecule has 2 aliphatic rings. The van der Waals surface area contributed by atoms with E-state index >= 15 is 0 Å². The second-order valence-corrected chi connectivity index (χ2v) is 7.49. The maximum absolute atomic E-state index is 12.7. The molecule has 152 valence electrons. The van der Waals surface area contributed by atoms with Gasteiger partial charge in [-0.3, -0.25) is 10.1 Å². The van der Waals surface area contributed by atoms with Gasteiger partial charge in [0.05, 0.1) is 41.4 Å². The first-order valence-electron chi connectivity index (χ1n) is 9.78. The average molecular weight is 405 g/mol. The Morgan fingerprint density at radius 1 is 1.20 bits per heavy atom. The van der Waals surface area contributed by atoms with Crippen LogP contribution in [0.5, 0.6) is 0 Å². The van der Waals surface area contributed by atoms with E-state index in [1.54, 1.807) is 0 Å². The van der Waals surface area contributed by atoms with Crippen LogP contribution in [0, 0.1) is 16.0 Å². The molecule has 0 aliphatic carbocycles. The monoisotopic (exact) mass is 405 g/mol. The van der Waals surface area contributed by atoms with Gasteiger partial charge in [0.25, 0.3) is 5.69 Å². The minimum Gasteiger partial charge on any atom is -0.456 e. The number of carbonyl (C=O) groups is 1. The molecule has 1 fully saturated rings. The van der Waals surface area contributed by atoms with E-state index in [1.807, 2.05) is 24.7 Å². The van der Waals surface area contributed by atoms with E-state index < -0.39 is 17.0 Å². The number of nitro benzene ring substituents is 1. The van der Waals surface area contributed by atoms with E-state index in [-0.39, 0.29) is 23.2 Å². The van der Waals surface area contributed by atoms with Crippen LogP contribution in [0.25, 0.3) is 11.3 Å². The Bertz CT molecular complexity index is 1110. The highest BCUT2D eigenvalue weighted by atomic mass is 16.6. The van der Waals surface area contributed by atoms with E-state index in [2.05, 4.69) is 21.7 Å². The first-order valence-corrected chi connectivity index (χ1v) is 9.78. The zero-order valence-electron chi connectivity index (χ0n) is 16.0. The normalized spacial score (nSPS) is 22.2. The van der Waals surface area contributed by atoms with Gasteiger partial charge in [-0.1, -0.05) is 24.3 Å². The standard InChI is InChI=1S/C22H19N3O5/c26-22(14-5-7-15(8-6-14)25(27)28)30-20-12-29-10-9-18(20)21-17-4-2-1-3-16(17)19-11-23-13-24(19)21/h1-8,11,13,18,20-21H,9-10,12H2/t18-,20+,21-/m0/s1. The maximum atomic E-state index is 12.7. The first kappa shape index (κ1) is 18.5. The highest BCUT2D eigenvalue weighted by molar-refractivity contribution is 5.89. The lowest BCUT2D eigenvalue weighted by molar-refractivity contribution is -0.384. The summed E-state index contributed by atoms with van der Waals surface area (Å²) in [6.07, 6.45) is 3.99. The molecule has 0 radical (unpaired) electrons. The van der Waals surface area contributed by atoms with Gasteiger partial charge in [0.15, 0.2) is 0 Å². The van der Waals surface area contributed by atoms with Gasteiger partial charge in [-0.05, 0) is 24.1 Å². The van der Waals surface area contributed by atoms with Crippen LogP contribution in [-0.2, 0) is 9.47 Å². The number of hydrogen-bond acceptors (Lipinski definition) is 6. The lowest BCUT2D eigenvalue weighted by Crippen LogP contribution is -2.40. The lowest BCUT2D eigenvalue weighted by Gasteiger charge is -2.36. The van der Waals surface area contributed by atoms with Crippen molar-refractivity contribution in [2.24, 2.45) is 5.92 Å². The Hall–Kier alpha value is -3.52. The van der Waals surface area contributed by atoms with Gasteiger partial charge in [0.1, 0.15) is 6.10 Å². The number of nitrogens with zero attached hydrogens (tertiary/aromatic N) is 3. The van der Waals surface area contributed by atoms with E-state index in [0.717, 1.165) is 17.7 Å². The smallest absolute Gasteiger partial charge is 0.338 e. The molecule has 1 aromatic heterocycles. The van der Waals surface area contributed by atoms with Crippen LogP contribution in [0.1, 0.15) is 28.4 Å². The van der Waals surface area contributed by atoms with Crippen LogP contribution in [0.4, 0.5) is 5.69 Å². The predicted molar refractivity (Wildman–Crippen MR) is 107 cm³/mol. The fourth-order valence-corrected chi connectivity index (χ4v) is 4.45. The topological polar surface area (TPSA) is 96.5 Å². The van der Waals surface area contributed by atoms with Crippen molar-refractivity contribution >= 4 is 11.7 Å². The third-order valence-electron chi connectivity index (χ3n) is 5.85. The number of non-ortho nitro benzene ring substituents is 1. The van der Waals surface area contributed by atoms with E-state index in [0.29, 0.717) is 13.2 Å². The summed E-state index contributed by atoms with van der Waals surface area (Å²) < 4.78 is 13.6. The van der Waals surface area contributed by atoms with Crippen molar-refractivity contribution in [2.45, 2.75) is 18.6 Å². The summed E-state index contributed by atoms with van der Waals surface area (Å²) in [5.74, 6) is -0.486. The SMILES string of the molecule is O=C(O[C@@H]1COCC[C@@H]1[C@@H]1c2ccccc2-c2cncn21)c1ccc([N+](=O)[O-])cc1. The Morgan fingerprint density at radius 3 is 2.80 bits per heavy atom. The van der Waals surface area contributed by atoms with E-state index in [1.165, 1.54) is 29.8 Å². The van der Waals surface area contributed by atoms with Crippen molar-refractivity contribution < 1.29 is 19.2 Å². The highest BCUT2D eigenvalue weighted by Gasteiger charge is 2.41. The molecule has 2 aromatic carbocycles. The van der Waals surface area contributed by atoms with Crippen LogP contribution >= 0.6 is 0 Å². The van der Waals surface area contributed by atoms with Crippen LogP contribution < -0.4 is 0 Å². The van der Waals surface area contributed by atoms with Crippen molar-refractivity contribution in [2.75, 3.05) is 13.2 Å². The number of esters is 1. The quantitative estimate of drug-likeness (QED) is 0.374. The molecule has 0 bridgehead atoms. The summed E-state index contributed by atoms with van der Waals surface area (Å²) in [4.78, 5) is 27.4. The molecule has 8 nitrogen and oxygen atoms in total. The molecule has 3 heterocycles. The van der Waals surface area contributed by atoms with Gasteiger partial charge >= 0.3 is 5.97 Å². The zero-order valence-corrected chi connectivity index (χ0v) is 16.0. The fourth-order valence-electron chi connectivity index (χ4n) is 4.45. The van der Waals surface area contributed by atoms with Gasteiger partial charge in [0, 0.05) is 30.2 Å². The highest BCUT2D eigenvalue weighted by Crippen LogP contribution is 2.46. The molecule has 3 atom stereocenters. The molecule has 2 aliphatic heterocycles. The lowest BCUT2D eigenvalue weighted by atomic mass is 9.85. The summed E-state index contributed by atoms with van der Waals surface area (Å²) in [6, 6.07) is 13.7. The maximum Gasteiger partial charge on any atom is 0.338 e. The summed E-state index contributed by atoms with van der Waals surface area (Å²) in [5, 5.41) is 10.8. The van der Waals surface area contributed by atoms with E-state index in [9.17, 15) is 14.9 Å². The molecule has 0 unspecified atom stereocenters. The fraction of sp³-hybridized carbons (Fsp3) is 0.273. The molecule has 5 rings (SSSR count). The van der Waals surface area contributed by atoms with Crippen LogP contribution in [0.15, 0.2) is 61.1 Å². The van der Waals surface area contributed by atoms with Gasteiger partial charge in [-0.15, -0.1) is 0 Å². The van der Waals surface area contributed by atoms with Crippen molar-refractivity contribution in [1.29, 1.82) is 0 Å². The van der Waals surface area contributed by atoms with Gasteiger partial charge in [-0.2, -0.15) is 0 Å². The van der Waals surface area contributed by atoms with Crippen molar-refractivity contribution in [3.8, 4) is 11.3 Å². The zero-order chi connectivity index (χ0) is 20.7. The Labute approximate surface area is 172 Å². The summed E-state index contributed by atoms with van der Waals surface area (Å²) in [6.45, 7) is 0.908. The van der Waals surface area contributed by atoms with Crippen molar-refractivity contribution in [3.63, 3.8) is 0 Å². The number of aromatic nitrogens is 2. The minimum atomic E-state index is -0.512. The number of ether oxygens (including phenoxy) is 2.